The van der Waals surface area contributed by atoms with Gasteiger partial charge in [-0.3, -0.25) is 19.8 Å². The standard InChI is InChI=1S/C32H40N6O7S2/c1-32(2,3)45-31(40)34-15-17-36-18-20-37(21-19-36)25-11-9-24(10-12-25)30(39)35-47(43,44)27-13-14-28(29(23-27)38(41)42)33-16-22-46-26-7-5-4-6-8-26/h4-14,23,33H,15-22H2,1-3H3,(H,34,40)(H,35,39). The van der Waals surface area contributed by atoms with Crippen molar-refractivity contribution < 1.29 is 27.7 Å². The number of nitrogens with one attached hydrogen (secondary N) is 3. The van der Waals surface area contributed by atoms with Crippen LogP contribution in [0.4, 0.5) is 21.9 Å². The van der Waals surface area contributed by atoms with Crippen molar-refractivity contribution in [1.29, 1.82) is 0 Å². The minimum Gasteiger partial charge on any atom is -0.444 e. The number of sulfonamides is 1. The summed E-state index contributed by atoms with van der Waals surface area (Å²) in [4.78, 5) is 40.9. The van der Waals surface area contributed by atoms with E-state index in [1.807, 2.05) is 55.8 Å². The smallest absolute Gasteiger partial charge is 0.407 e. The SMILES string of the molecule is CC(C)(C)OC(=O)NCCN1CCN(c2ccc(C(=O)NS(=O)(=O)c3ccc(NCCSc4ccccc4)c([N+](=O)[O-])c3)cc2)CC1. The lowest BCUT2D eigenvalue weighted by atomic mass is 10.1. The molecule has 47 heavy (non-hydrogen) atoms. The third-order valence-corrected chi connectivity index (χ3v) is 9.44. The highest BCUT2D eigenvalue weighted by Crippen LogP contribution is 2.28. The summed E-state index contributed by atoms with van der Waals surface area (Å²) in [5.74, 6) is -0.205. The molecule has 3 aromatic rings. The minimum atomic E-state index is -4.39. The third-order valence-electron chi connectivity index (χ3n) is 7.10. The molecule has 252 valence electrons. The van der Waals surface area contributed by atoms with Gasteiger partial charge in [0.15, 0.2) is 0 Å². The average Bonchev–Trinajstić information content (AvgIpc) is 3.03. The molecule has 0 saturated carbocycles. The Morgan fingerprint density at radius 1 is 0.957 bits per heavy atom. The van der Waals surface area contributed by atoms with Gasteiger partial charge in [0.05, 0.1) is 9.82 Å². The Hall–Kier alpha value is -4.34. The van der Waals surface area contributed by atoms with Gasteiger partial charge in [0.1, 0.15) is 11.3 Å². The summed E-state index contributed by atoms with van der Waals surface area (Å²) in [6.07, 6.45) is -0.440. The highest BCUT2D eigenvalue weighted by Gasteiger charge is 2.24. The molecule has 1 aliphatic rings. The second-order valence-electron chi connectivity index (χ2n) is 11.8. The highest BCUT2D eigenvalue weighted by atomic mass is 32.2. The van der Waals surface area contributed by atoms with E-state index in [2.05, 4.69) is 20.4 Å². The Bertz CT molecular complexity index is 1640. The summed E-state index contributed by atoms with van der Waals surface area (Å²) in [5.41, 5.74) is 0.247. The predicted octanol–water partition coefficient (Wildman–Crippen LogP) is 4.56. The summed E-state index contributed by atoms with van der Waals surface area (Å²) in [7, 11) is -4.39. The van der Waals surface area contributed by atoms with E-state index in [1.165, 1.54) is 12.1 Å². The number of nitrogens with zero attached hydrogens (tertiary/aromatic N) is 3. The molecule has 1 heterocycles. The maximum Gasteiger partial charge on any atom is 0.407 e. The Balaban J connectivity index is 1.27. The van der Waals surface area contributed by atoms with Crippen LogP contribution in [0.5, 0.6) is 0 Å². The molecule has 3 N–H and O–H groups in total. The monoisotopic (exact) mass is 684 g/mol. The first kappa shape index (κ1) is 35.5. The van der Waals surface area contributed by atoms with Crippen LogP contribution >= 0.6 is 11.8 Å². The number of nitro benzene ring substituents is 1. The normalized spacial score (nSPS) is 13.9. The molecule has 4 rings (SSSR count). The first-order valence-electron chi connectivity index (χ1n) is 15.1. The lowest BCUT2D eigenvalue weighted by molar-refractivity contribution is -0.384. The lowest BCUT2D eigenvalue weighted by Crippen LogP contribution is -2.48. The van der Waals surface area contributed by atoms with Gasteiger partial charge in [-0.05, 0) is 69.3 Å². The predicted molar refractivity (Wildman–Crippen MR) is 183 cm³/mol. The summed E-state index contributed by atoms with van der Waals surface area (Å²) in [5, 5.41) is 17.5. The van der Waals surface area contributed by atoms with Gasteiger partial charge in [-0.2, -0.15) is 0 Å². The minimum absolute atomic E-state index is 0.132. The topological polar surface area (TPSA) is 163 Å². The summed E-state index contributed by atoms with van der Waals surface area (Å²) < 4.78 is 33.3. The van der Waals surface area contributed by atoms with Gasteiger partial charge in [-0.15, -0.1) is 11.8 Å². The van der Waals surface area contributed by atoms with Crippen LogP contribution in [0, 0.1) is 10.1 Å². The molecule has 0 radical (unpaired) electrons. The number of anilines is 2. The van der Waals surface area contributed by atoms with Crippen molar-refractivity contribution in [1.82, 2.24) is 14.9 Å². The number of piperazine rings is 1. The second-order valence-corrected chi connectivity index (χ2v) is 14.6. The zero-order valence-corrected chi connectivity index (χ0v) is 28.2. The number of ether oxygens (including phenoxy) is 1. The van der Waals surface area contributed by atoms with E-state index in [9.17, 15) is 28.1 Å². The van der Waals surface area contributed by atoms with Crippen molar-refractivity contribution in [3.05, 3.63) is 88.5 Å². The fourth-order valence-corrected chi connectivity index (χ4v) is 6.56. The zero-order valence-electron chi connectivity index (χ0n) is 26.6. The van der Waals surface area contributed by atoms with Crippen molar-refractivity contribution in [2.24, 2.45) is 0 Å². The van der Waals surface area contributed by atoms with Gasteiger partial charge in [0.2, 0.25) is 0 Å². The van der Waals surface area contributed by atoms with Crippen LogP contribution in [0.15, 0.2) is 82.6 Å². The van der Waals surface area contributed by atoms with Crippen LogP contribution in [0.2, 0.25) is 0 Å². The number of carbonyl (C=O) groups is 2. The molecule has 0 atom stereocenters. The van der Waals surface area contributed by atoms with Crippen molar-refractivity contribution >= 4 is 50.8 Å². The largest absolute Gasteiger partial charge is 0.444 e. The quantitative estimate of drug-likeness (QED) is 0.100. The molecular formula is C32H40N6O7S2. The fraction of sp³-hybridized carbons (Fsp3) is 0.375. The molecule has 15 heteroatoms. The van der Waals surface area contributed by atoms with Crippen LogP contribution in [0.1, 0.15) is 31.1 Å². The molecular weight excluding hydrogens is 645 g/mol. The number of amides is 2. The number of hydrogen-bond donors (Lipinski definition) is 3. The lowest BCUT2D eigenvalue weighted by Gasteiger charge is -2.36. The second kappa shape index (κ2) is 16.0. The van der Waals surface area contributed by atoms with E-state index in [-0.39, 0.29) is 11.3 Å². The third kappa shape index (κ3) is 10.9. The van der Waals surface area contributed by atoms with Gasteiger partial charge in [0, 0.05) is 73.8 Å². The molecule has 3 aromatic carbocycles. The zero-order chi connectivity index (χ0) is 34.0. The van der Waals surface area contributed by atoms with E-state index < -0.39 is 43.1 Å². The number of carbonyl (C=O) groups excluding carboxylic acids is 2. The van der Waals surface area contributed by atoms with Crippen LogP contribution in [0.3, 0.4) is 0 Å². The van der Waals surface area contributed by atoms with E-state index >= 15 is 0 Å². The molecule has 13 nitrogen and oxygen atoms in total. The number of hydrogen-bond acceptors (Lipinski definition) is 11. The number of nitro groups is 1. The van der Waals surface area contributed by atoms with Crippen LogP contribution in [-0.2, 0) is 14.8 Å². The Labute approximate surface area is 279 Å². The van der Waals surface area contributed by atoms with E-state index in [1.54, 1.807) is 36.0 Å². The van der Waals surface area contributed by atoms with E-state index in [0.717, 1.165) is 42.8 Å². The number of thioether (sulfide) groups is 1. The van der Waals surface area contributed by atoms with Gasteiger partial charge in [-0.25, -0.2) is 17.9 Å². The average molecular weight is 685 g/mol. The van der Waals surface area contributed by atoms with Gasteiger partial charge in [0.25, 0.3) is 21.6 Å². The molecule has 0 spiro atoms. The molecule has 0 unspecified atom stereocenters. The van der Waals surface area contributed by atoms with Crippen molar-refractivity contribution in [2.75, 3.05) is 61.8 Å². The Morgan fingerprint density at radius 3 is 2.28 bits per heavy atom. The highest BCUT2D eigenvalue weighted by molar-refractivity contribution is 7.99. The Morgan fingerprint density at radius 2 is 1.64 bits per heavy atom. The van der Waals surface area contributed by atoms with Crippen molar-refractivity contribution in [2.45, 2.75) is 36.2 Å². The Kier molecular flexibility index (Phi) is 12.1. The molecule has 1 fully saturated rings. The summed E-state index contributed by atoms with van der Waals surface area (Å²) in [6, 6.07) is 19.8. The molecule has 2 amide bonds. The number of benzene rings is 3. The first-order valence-corrected chi connectivity index (χ1v) is 17.6. The molecule has 1 saturated heterocycles. The number of alkyl carbamates (subject to hydrolysis) is 1. The molecule has 1 aliphatic heterocycles. The summed E-state index contributed by atoms with van der Waals surface area (Å²) >= 11 is 1.58. The van der Waals surface area contributed by atoms with Gasteiger partial charge in [-0.1, -0.05) is 18.2 Å². The van der Waals surface area contributed by atoms with Crippen molar-refractivity contribution in [3.63, 3.8) is 0 Å². The number of rotatable bonds is 13. The van der Waals surface area contributed by atoms with Gasteiger partial charge >= 0.3 is 6.09 Å². The van der Waals surface area contributed by atoms with Crippen LogP contribution in [-0.4, -0.2) is 87.4 Å². The molecule has 0 bridgehead atoms. The summed E-state index contributed by atoms with van der Waals surface area (Å²) in [6.45, 7) is 10.1. The first-order chi connectivity index (χ1) is 22.3. The van der Waals surface area contributed by atoms with E-state index in [0.29, 0.717) is 25.4 Å². The molecule has 0 aliphatic carbocycles. The van der Waals surface area contributed by atoms with E-state index in [4.69, 9.17) is 4.74 Å². The fourth-order valence-electron chi connectivity index (χ4n) is 4.77. The van der Waals surface area contributed by atoms with Crippen LogP contribution < -0.4 is 20.3 Å². The maximum atomic E-state index is 13.0. The van der Waals surface area contributed by atoms with Crippen molar-refractivity contribution in [3.8, 4) is 0 Å². The van der Waals surface area contributed by atoms with Crippen LogP contribution in [0.25, 0.3) is 0 Å². The molecule has 0 aromatic heterocycles. The maximum absolute atomic E-state index is 13.0. The van der Waals surface area contributed by atoms with Gasteiger partial charge < -0.3 is 20.3 Å².